The lowest BCUT2D eigenvalue weighted by atomic mass is 9.61. The van der Waals surface area contributed by atoms with E-state index in [-0.39, 0.29) is 22.3 Å². The Labute approximate surface area is 153 Å². The average molecular weight is 374 g/mol. The van der Waals surface area contributed by atoms with Gasteiger partial charge in [0.05, 0.1) is 5.54 Å². The number of carbonyl (C=O) groups is 1. The van der Waals surface area contributed by atoms with Gasteiger partial charge in [0.1, 0.15) is 0 Å². The van der Waals surface area contributed by atoms with Gasteiger partial charge in [-0.2, -0.15) is 0 Å². The van der Waals surface area contributed by atoms with Crippen LogP contribution >= 0.6 is 0 Å². The van der Waals surface area contributed by atoms with Gasteiger partial charge in [0.15, 0.2) is 5.76 Å². The summed E-state index contributed by atoms with van der Waals surface area (Å²) in [5.74, 6) is 0.265. The Balaban J connectivity index is 1.68. The third-order valence-electron chi connectivity index (χ3n) is 5.77. The van der Waals surface area contributed by atoms with Crippen LogP contribution < -0.4 is 4.72 Å². The van der Waals surface area contributed by atoms with Gasteiger partial charge in [-0.1, -0.05) is 43.2 Å². The summed E-state index contributed by atoms with van der Waals surface area (Å²) >= 11 is 0. The number of sulfonamides is 1. The lowest BCUT2D eigenvalue weighted by Gasteiger charge is -2.61. The fourth-order valence-corrected chi connectivity index (χ4v) is 5.08. The third-order valence-corrected chi connectivity index (χ3v) is 7.05. The number of hydrogen-bond donors (Lipinski definition) is 1. The van der Waals surface area contributed by atoms with Crippen molar-refractivity contribution in [1.29, 1.82) is 0 Å². The molecule has 1 aromatic heterocycles. The Morgan fingerprint density at radius 1 is 1.19 bits per heavy atom. The number of rotatable bonds is 4. The Morgan fingerprint density at radius 3 is 2.65 bits per heavy atom. The van der Waals surface area contributed by atoms with Crippen LogP contribution in [0.25, 0.3) is 0 Å². The van der Waals surface area contributed by atoms with E-state index in [0.29, 0.717) is 12.5 Å². The summed E-state index contributed by atoms with van der Waals surface area (Å²) in [6.07, 6.45) is 4.30. The normalized spacial score (nSPS) is 25.4. The van der Waals surface area contributed by atoms with Gasteiger partial charge >= 0.3 is 0 Å². The number of hydrogen-bond acceptors (Lipinski definition) is 4. The highest BCUT2D eigenvalue weighted by molar-refractivity contribution is 7.89. The minimum absolute atomic E-state index is 0.0677. The second-order valence-corrected chi connectivity index (χ2v) is 8.79. The van der Waals surface area contributed by atoms with Gasteiger partial charge in [-0.05, 0) is 37.6 Å². The van der Waals surface area contributed by atoms with Crippen LogP contribution in [-0.2, 0) is 15.6 Å². The summed E-state index contributed by atoms with van der Waals surface area (Å²) in [5.41, 5.74) is 0.852. The zero-order valence-corrected chi connectivity index (χ0v) is 15.5. The van der Waals surface area contributed by atoms with Crippen LogP contribution in [0.1, 0.15) is 41.8 Å². The molecular formula is C19H22N2O4S. The molecule has 0 spiro atoms. The van der Waals surface area contributed by atoms with E-state index in [2.05, 4.69) is 16.9 Å². The van der Waals surface area contributed by atoms with Crippen molar-refractivity contribution in [2.75, 3.05) is 13.6 Å². The second-order valence-electron chi connectivity index (χ2n) is 6.97. The quantitative estimate of drug-likeness (QED) is 0.892. The van der Waals surface area contributed by atoms with E-state index >= 15 is 0 Å². The Bertz CT molecular complexity index is 922. The van der Waals surface area contributed by atoms with Crippen molar-refractivity contribution < 1.29 is 17.6 Å². The summed E-state index contributed by atoms with van der Waals surface area (Å²) < 4.78 is 31.3. The van der Waals surface area contributed by atoms with E-state index < -0.39 is 10.0 Å². The monoisotopic (exact) mass is 374 g/mol. The highest BCUT2D eigenvalue weighted by atomic mass is 32.2. The molecule has 2 unspecified atom stereocenters. The summed E-state index contributed by atoms with van der Waals surface area (Å²) in [6.45, 7) is 0.683. The van der Waals surface area contributed by atoms with Crippen LogP contribution in [0, 0.1) is 5.92 Å². The van der Waals surface area contributed by atoms with Gasteiger partial charge in [0, 0.05) is 12.5 Å². The van der Waals surface area contributed by atoms with E-state index in [0.717, 1.165) is 24.8 Å². The number of nitrogens with one attached hydrogen (secondary N) is 1. The minimum atomic E-state index is -3.70. The molecular weight excluding hydrogens is 352 g/mol. The van der Waals surface area contributed by atoms with Crippen molar-refractivity contribution in [2.45, 2.75) is 36.3 Å². The SMILES string of the molecule is CNS(=O)(=O)c1ccc(C(=O)N2CC3CCCCC32c2ccccc2)o1. The van der Waals surface area contributed by atoms with Crippen molar-refractivity contribution in [3.63, 3.8) is 0 Å². The zero-order valence-electron chi connectivity index (χ0n) is 14.6. The molecule has 138 valence electrons. The lowest BCUT2D eigenvalue weighted by Crippen LogP contribution is -2.67. The van der Waals surface area contributed by atoms with Crippen LogP contribution in [0.5, 0.6) is 0 Å². The first-order chi connectivity index (χ1) is 12.5. The maximum absolute atomic E-state index is 13.1. The molecule has 6 nitrogen and oxygen atoms in total. The number of nitrogens with zero attached hydrogens (tertiary/aromatic N) is 1. The maximum Gasteiger partial charge on any atom is 0.290 e. The molecule has 1 saturated heterocycles. The first-order valence-corrected chi connectivity index (χ1v) is 10.4. The molecule has 1 aromatic carbocycles. The molecule has 2 aromatic rings. The summed E-state index contributed by atoms with van der Waals surface area (Å²) in [5, 5.41) is -0.238. The minimum Gasteiger partial charge on any atom is -0.438 e. The van der Waals surface area contributed by atoms with Crippen molar-refractivity contribution in [3.8, 4) is 0 Å². The molecule has 1 aliphatic carbocycles. The molecule has 7 heteroatoms. The zero-order chi connectivity index (χ0) is 18.4. The summed E-state index contributed by atoms with van der Waals surface area (Å²) in [7, 11) is -2.39. The molecule has 2 aliphatic rings. The van der Waals surface area contributed by atoms with Crippen LogP contribution in [0.3, 0.4) is 0 Å². The van der Waals surface area contributed by atoms with Gasteiger partial charge in [-0.3, -0.25) is 4.79 Å². The predicted octanol–water partition coefficient (Wildman–Crippen LogP) is 2.73. The van der Waals surface area contributed by atoms with Gasteiger partial charge in [0.25, 0.3) is 15.9 Å². The van der Waals surface area contributed by atoms with E-state index in [1.165, 1.54) is 25.6 Å². The molecule has 1 saturated carbocycles. The van der Waals surface area contributed by atoms with E-state index in [1.54, 1.807) is 0 Å². The molecule has 26 heavy (non-hydrogen) atoms. The number of likely N-dealkylation sites (tertiary alicyclic amines) is 1. The fraction of sp³-hybridized carbons (Fsp3) is 0.421. The van der Waals surface area contributed by atoms with E-state index in [4.69, 9.17) is 4.42 Å². The third kappa shape index (κ3) is 2.49. The number of benzene rings is 1. The smallest absolute Gasteiger partial charge is 0.290 e. The Morgan fingerprint density at radius 2 is 1.96 bits per heavy atom. The maximum atomic E-state index is 13.1. The topological polar surface area (TPSA) is 79.6 Å². The molecule has 1 aliphatic heterocycles. The van der Waals surface area contributed by atoms with Crippen molar-refractivity contribution >= 4 is 15.9 Å². The molecule has 2 heterocycles. The van der Waals surface area contributed by atoms with Gasteiger partial charge < -0.3 is 9.32 Å². The number of amides is 1. The lowest BCUT2D eigenvalue weighted by molar-refractivity contribution is -0.0883. The standard InChI is InChI=1S/C19H22N2O4S/c1-20-26(23,24)17-11-10-16(25-17)18(22)21-13-15-9-5-6-12-19(15,21)14-7-3-2-4-8-14/h2-4,7-8,10-11,15,20H,5-6,9,12-13H2,1H3. The molecule has 0 radical (unpaired) electrons. The highest BCUT2D eigenvalue weighted by Crippen LogP contribution is 2.54. The van der Waals surface area contributed by atoms with Crippen LogP contribution in [0.4, 0.5) is 0 Å². The van der Waals surface area contributed by atoms with Gasteiger partial charge in [0.2, 0.25) is 5.09 Å². The van der Waals surface area contributed by atoms with Gasteiger partial charge in [-0.25, -0.2) is 13.1 Å². The molecule has 0 bridgehead atoms. The molecule has 4 rings (SSSR count). The van der Waals surface area contributed by atoms with Crippen molar-refractivity contribution in [3.05, 3.63) is 53.8 Å². The number of furan rings is 1. The predicted molar refractivity (Wildman–Crippen MR) is 96.1 cm³/mol. The average Bonchev–Trinajstić information content (AvgIpc) is 3.14. The first-order valence-electron chi connectivity index (χ1n) is 8.90. The summed E-state index contributed by atoms with van der Waals surface area (Å²) in [6, 6.07) is 12.9. The largest absolute Gasteiger partial charge is 0.438 e. The van der Waals surface area contributed by atoms with Crippen molar-refractivity contribution in [1.82, 2.24) is 9.62 Å². The van der Waals surface area contributed by atoms with Crippen LogP contribution in [-0.4, -0.2) is 32.8 Å². The number of carbonyl (C=O) groups excluding carboxylic acids is 1. The van der Waals surface area contributed by atoms with E-state index in [9.17, 15) is 13.2 Å². The molecule has 2 fully saturated rings. The van der Waals surface area contributed by atoms with Crippen molar-refractivity contribution in [2.24, 2.45) is 5.92 Å². The Kier molecular flexibility index (Phi) is 4.16. The Hall–Kier alpha value is -2.12. The molecule has 1 amide bonds. The fourth-order valence-electron chi connectivity index (χ4n) is 4.44. The van der Waals surface area contributed by atoms with Gasteiger partial charge in [-0.15, -0.1) is 0 Å². The van der Waals surface area contributed by atoms with E-state index in [1.807, 2.05) is 23.1 Å². The number of fused-ring (bicyclic) bond motifs is 1. The molecule has 1 N–H and O–H groups in total. The second kappa shape index (κ2) is 6.25. The van der Waals surface area contributed by atoms with Crippen LogP contribution in [0.2, 0.25) is 0 Å². The highest BCUT2D eigenvalue weighted by Gasteiger charge is 2.57. The summed E-state index contributed by atoms with van der Waals surface area (Å²) in [4.78, 5) is 15.0. The van der Waals surface area contributed by atoms with Crippen LogP contribution in [0.15, 0.2) is 52.0 Å². The molecule has 2 atom stereocenters. The first kappa shape index (κ1) is 17.3.